The predicted octanol–water partition coefficient (Wildman–Crippen LogP) is -0.572. The molecule has 2 N–H and O–H groups in total. The van der Waals surface area contributed by atoms with Gasteiger partial charge in [0.05, 0.1) is 0 Å². The molecule has 0 saturated carbocycles. The van der Waals surface area contributed by atoms with Gasteiger partial charge < -0.3 is 18.7 Å². The fourth-order valence-corrected chi connectivity index (χ4v) is 2.17. The van der Waals surface area contributed by atoms with E-state index in [4.69, 9.17) is 12.2 Å². The standard InChI is InChI=1S/C12H14BF3N.K/c1-5-6-10-7(2)11(13(14,15)16)9(4)12(17)8(10)3;/h1H,6,17H2,2-4H3;/q-1;+1. The summed E-state index contributed by atoms with van der Waals surface area (Å²) in [7, 11) is 0. The minimum absolute atomic E-state index is 0. The molecule has 0 bridgehead atoms. The minimum Gasteiger partial charge on any atom is -0.445 e. The summed E-state index contributed by atoms with van der Waals surface area (Å²) in [6, 6.07) is 0. The van der Waals surface area contributed by atoms with Crippen LogP contribution in [0.2, 0.25) is 0 Å². The second-order valence-electron chi connectivity index (χ2n) is 4.14. The third kappa shape index (κ3) is 3.34. The molecule has 0 saturated heterocycles. The summed E-state index contributed by atoms with van der Waals surface area (Å²) in [5, 5.41) is 0. The number of nitrogen functional groups attached to an aromatic ring is 1. The van der Waals surface area contributed by atoms with Crippen LogP contribution >= 0.6 is 0 Å². The van der Waals surface area contributed by atoms with Gasteiger partial charge in [0.1, 0.15) is 0 Å². The molecule has 0 aromatic heterocycles. The van der Waals surface area contributed by atoms with Gasteiger partial charge in [-0.05, 0) is 31.9 Å². The third-order valence-corrected chi connectivity index (χ3v) is 3.13. The molecule has 1 aromatic carbocycles. The van der Waals surface area contributed by atoms with E-state index in [1.807, 2.05) is 0 Å². The van der Waals surface area contributed by atoms with Crippen LogP contribution in [0.5, 0.6) is 0 Å². The van der Waals surface area contributed by atoms with E-state index >= 15 is 0 Å². The van der Waals surface area contributed by atoms with Crippen LogP contribution in [0.1, 0.15) is 22.3 Å². The number of benzene rings is 1. The largest absolute Gasteiger partial charge is 1.00 e. The van der Waals surface area contributed by atoms with E-state index in [0.717, 1.165) is 0 Å². The van der Waals surface area contributed by atoms with Crippen molar-refractivity contribution in [3.05, 3.63) is 22.3 Å². The number of hydrogen-bond acceptors (Lipinski definition) is 1. The normalized spacial score (nSPS) is 10.7. The van der Waals surface area contributed by atoms with E-state index in [2.05, 4.69) is 5.92 Å². The number of halogens is 3. The number of anilines is 1. The Labute approximate surface area is 148 Å². The first-order valence-electron chi connectivity index (χ1n) is 5.23. The van der Waals surface area contributed by atoms with Gasteiger partial charge in [0, 0.05) is 12.1 Å². The maximum absolute atomic E-state index is 13.0. The second-order valence-corrected chi connectivity index (χ2v) is 4.14. The summed E-state index contributed by atoms with van der Waals surface area (Å²) in [5.41, 5.74) is 6.80. The molecule has 1 nitrogen and oxygen atoms in total. The van der Waals surface area contributed by atoms with Gasteiger partial charge in [-0.25, -0.2) is 0 Å². The van der Waals surface area contributed by atoms with Gasteiger partial charge in [-0.15, -0.1) is 17.8 Å². The molecule has 6 heteroatoms. The summed E-state index contributed by atoms with van der Waals surface area (Å²) >= 11 is 0. The molecule has 0 spiro atoms. The van der Waals surface area contributed by atoms with E-state index in [1.54, 1.807) is 6.92 Å². The molecule has 1 rings (SSSR count). The fourth-order valence-electron chi connectivity index (χ4n) is 2.17. The van der Waals surface area contributed by atoms with E-state index in [-0.39, 0.29) is 74.6 Å². The molecular weight excluding hydrogens is 265 g/mol. The molecule has 0 aliphatic heterocycles. The zero-order chi connectivity index (χ0) is 13.4. The van der Waals surface area contributed by atoms with Gasteiger partial charge in [0.25, 0.3) is 0 Å². The van der Waals surface area contributed by atoms with Crippen LogP contribution in [-0.2, 0) is 6.42 Å². The van der Waals surface area contributed by atoms with Gasteiger partial charge in [-0.1, -0.05) is 11.1 Å². The van der Waals surface area contributed by atoms with Gasteiger partial charge in [-0.2, -0.15) is 0 Å². The van der Waals surface area contributed by atoms with Crippen molar-refractivity contribution in [3.8, 4) is 12.3 Å². The number of hydrogen-bond donors (Lipinski definition) is 1. The summed E-state index contributed by atoms with van der Waals surface area (Å²) in [6.07, 6.45) is 5.35. The number of rotatable bonds is 2. The average Bonchev–Trinajstić information content (AvgIpc) is 2.19. The van der Waals surface area contributed by atoms with Crippen molar-refractivity contribution >= 4 is 18.1 Å². The third-order valence-electron chi connectivity index (χ3n) is 3.13. The van der Waals surface area contributed by atoms with Crippen LogP contribution in [-0.4, -0.2) is 6.98 Å². The van der Waals surface area contributed by atoms with Crippen LogP contribution in [0.25, 0.3) is 0 Å². The molecule has 92 valence electrons. The summed E-state index contributed by atoms with van der Waals surface area (Å²) < 4.78 is 39.0. The zero-order valence-corrected chi connectivity index (χ0v) is 14.2. The number of nitrogens with two attached hydrogens (primary N) is 1. The summed E-state index contributed by atoms with van der Waals surface area (Å²) in [4.78, 5) is 0. The number of terminal acetylenes is 1. The van der Waals surface area contributed by atoms with Crippen molar-refractivity contribution in [2.45, 2.75) is 27.2 Å². The molecule has 1 aromatic rings. The SMILES string of the molecule is C#CCc1c(C)c(N)c(C)c([B-](F)(F)F)c1C.[K+]. The maximum atomic E-state index is 13.0. The molecule has 0 atom stereocenters. The molecule has 0 fully saturated rings. The molecule has 0 amide bonds. The minimum atomic E-state index is -5.07. The van der Waals surface area contributed by atoms with E-state index < -0.39 is 12.4 Å². The quantitative estimate of drug-likeness (QED) is 0.438. The molecule has 0 unspecified atom stereocenters. The van der Waals surface area contributed by atoms with Crippen LogP contribution in [0.3, 0.4) is 0 Å². The zero-order valence-electron chi connectivity index (χ0n) is 11.1. The topological polar surface area (TPSA) is 26.0 Å². The molecule has 0 aliphatic rings. The Morgan fingerprint density at radius 3 is 2.00 bits per heavy atom. The van der Waals surface area contributed by atoms with Gasteiger partial charge in [0.2, 0.25) is 0 Å². The van der Waals surface area contributed by atoms with E-state index in [9.17, 15) is 12.9 Å². The van der Waals surface area contributed by atoms with Gasteiger partial charge in [-0.3, -0.25) is 0 Å². The van der Waals surface area contributed by atoms with E-state index in [1.165, 1.54) is 13.8 Å². The molecule has 0 radical (unpaired) electrons. The van der Waals surface area contributed by atoms with Crippen molar-refractivity contribution < 1.29 is 64.3 Å². The fraction of sp³-hybridized carbons (Fsp3) is 0.333. The molecular formula is C12H14BF3KN. The Kier molecular flexibility index (Phi) is 6.51. The van der Waals surface area contributed by atoms with Crippen LogP contribution in [0.4, 0.5) is 18.6 Å². The van der Waals surface area contributed by atoms with Crippen LogP contribution < -0.4 is 62.6 Å². The predicted molar refractivity (Wildman–Crippen MR) is 66.3 cm³/mol. The summed E-state index contributed by atoms with van der Waals surface area (Å²) in [6.45, 7) is -0.510. The Morgan fingerprint density at radius 1 is 1.11 bits per heavy atom. The smallest absolute Gasteiger partial charge is 0.445 e. The first-order chi connectivity index (χ1) is 7.71. The van der Waals surface area contributed by atoms with Gasteiger partial charge >= 0.3 is 58.4 Å². The van der Waals surface area contributed by atoms with Crippen molar-refractivity contribution in [2.24, 2.45) is 0 Å². The first-order valence-corrected chi connectivity index (χ1v) is 5.23. The average molecular weight is 279 g/mol. The Morgan fingerprint density at radius 2 is 1.61 bits per heavy atom. The molecule has 0 aliphatic carbocycles. The monoisotopic (exact) mass is 279 g/mol. The molecule has 18 heavy (non-hydrogen) atoms. The van der Waals surface area contributed by atoms with Crippen molar-refractivity contribution in [1.82, 2.24) is 0 Å². The van der Waals surface area contributed by atoms with Crippen molar-refractivity contribution in [3.63, 3.8) is 0 Å². The van der Waals surface area contributed by atoms with Gasteiger partial charge in [0.15, 0.2) is 0 Å². The maximum Gasteiger partial charge on any atom is 1.00 e. The Hall–Kier alpha value is 0.0713. The first kappa shape index (κ1) is 18.1. The van der Waals surface area contributed by atoms with Crippen LogP contribution in [0.15, 0.2) is 0 Å². The summed E-state index contributed by atoms with van der Waals surface area (Å²) in [5.74, 6) is 2.38. The van der Waals surface area contributed by atoms with Crippen molar-refractivity contribution in [2.75, 3.05) is 5.73 Å². The second kappa shape index (κ2) is 6.49. The molecule has 0 heterocycles. The van der Waals surface area contributed by atoms with E-state index in [0.29, 0.717) is 11.1 Å². The Balaban J connectivity index is 0.00000289. The Bertz CT molecular complexity index is 504. The van der Waals surface area contributed by atoms with Crippen LogP contribution in [0, 0.1) is 33.1 Å². The van der Waals surface area contributed by atoms with Crippen molar-refractivity contribution in [1.29, 1.82) is 0 Å².